The van der Waals surface area contributed by atoms with Crippen LogP contribution < -0.4 is 5.73 Å². The second-order valence-electron chi connectivity index (χ2n) is 6.46. The molecule has 5 rings (SSSR count). The van der Waals surface area contributed by atoms with Crippen LogP contribution in [0.3, 0.4) is 0 Å². The fourth-order valence-electron chi connectivity index (χ4n) is 3.57. The van der Waals surface area contributed by atoms with Crippen LogP contribution in [0.5, 0.6) is 5.75 Å². The largest absolute Gasteiger partial charge is 0.505 e. The highest BCUT2D eigenvalue weighted by molar-refractivity contribution is 6.22. The molecule has 1 aliphatic rings. The number of phenols is 1. The number of aliphatic imine (C=N–C) groups is 1. The van der Waals surface area contributed by atoms with Crippen molar-refractivity contribution in [1.29, 1.82) is 0 Å². The number of amides is 1. The van der Waals surface area contributed by atoms with Gasteiger partial charge in [0.15, 0.2) is 11.6 Å². The lowest BCUT2D eigenvalue weighted by atomic mass is 9.96. The van der Waals surface area contributed by atoms with E-state index in [1.54, 1.807) is 16.8 Å². The van der Waals surface area contributed by atoms with Crippen molar-refractivity contribution in [2.75, 3.05) is 0 Å². The number of hydrogen-bond acceptors (Lipinski definition) is 4. The predicted octanol–water partition coefficient (Wildman–Crippen LogP) is 3.43. The van der Waals surface area contributed by atoms with Gasteiger partial charge in [-0.15, -0.1) is 0 Å². The van der Waals surface area contributed by atoms with Crippen molar-refractivity contribution in [3.8, 4) is 16.9 Å². The van der Waals surface area contributed by atoms with Gasteiger partial charge in [-0.1, -0.05) is 18.2 Å². The standard InChI is InChI=1S/C21H13FN4O2/c22-15-9-11(5-6-17(15)27)19-13-7-8-26-20(13)18(14(10-24-26)21(23)28)12-3-1-2-4-16(12)25-19/h1-10,27H,(H2,23,28). The maximum absolute atomic E-state index is 14.0. The lowest BCUT2D eigenvalue weighted by Gasteiger charge is -2.10. The molecular weight excluding hydrogens is 359 g/mol. The van der Waals surface area contributed by atoms with Gasteiger partial charge >= 0.3 is 0 Å². The number of rotatable bonds is 2. The highest BCUT2D eigenvalue weighted by atomic mass is 19.1. The zero-order valence-electron chi connectivity index (χ0n) is 14.4. The molecule has 2 aromatic heterocycles. The summed E-state index contributed by atoms with van der Waals surface area (Å²) in [6.07, 6.45) is 3.19. The summed E-state index contributed by atoms with van der Waals surface area (Å²) in [6.45, 7) is 0. The number of halogens is 1. The zero-order chi connectivity index (χ0) is 19.4. The summed E-state index contributed by atoms with van der Waals surface area (Å²) in [7, 11) is 0. The third-order valence-corrected chi connectivity index (χ3v) is 4.83. The number of benzene rings is 2. The Morgan fingerprint density at radius 3 is 2.71 bits per heavy atom. The number of hydrogen-bond donors (Lipinski definition) is 2. The molecule has 3 heterocycles. The van der Waals surface area contributed by atoms with Gasteiger partial charge in [0.2, 0.25) is 0 Å². The van der Waals surface area contributed by atoms with E-state index in [0.717, 1.165) is 5.56 Å². The smallest absolute Gasteiger partial charge is 0.251 e. The van der Waals surface area contributed by atoms with E-state index in [1.165, 1.54) is 18.3 Å². The Hall–Kier alpha value is -4.00. The summed E-state index contributed by atoms with van der Waals surface area (Å²) in [5.41, 5.74) is 10.2. The van der Waals surface area contributed by atoms with Crippen LogP contribution in [0, 0.1) is 5.82 Å². The highest BCUT2D eigenvalue weighted by Gasteiger charge is 2.26. The molecule has 0 saturated heterocycles. The van der Waals surface area contributed by atoms with Crippen LogP contribution in [0.25, 0.3) is 16.6 Å². The van der Waals surface area contributed by atoms with Crippen LogP contribution in [-0.2, 0) is 0 Å². The van der Waals surface area contributed by atoms with E-state index in [9.17, 15) is 14.3 Å². The Kier molecular flexibility index (Phi) is 3.33. The molecule has 0 radical (unpaired) electrons. The predicted molar refractivity (Wildman–Crippen MR) is 103 cm³/mol. The van der Waals surface area contributed by atoms with E-state index in [4.69, 9.17) is 10.7 Å². The van der Waals surface area contributed by atoms with Gasteiger partial charge in [0.25, 0.3) is 5.91 Å². The van der Waals surface area contributed by atoms with Gasteiger partial charge in [0.05, 0.1) is 28.7 Å². The van der Waals surface area contributed by atoms with Gasteiger partial charge in [-0.25, -0.2) is 13.9 Å². The van der Waals surface area contributed by atoms with Crippen LogP contribution in [-0.4, -0.2) is 26.3 Å². The Bertz CT molecular complexity index is 1320. The molecule has 0 bridgehead atoms. The van der Waals surface area contributed by atoms with Gasteiger partial charge in [0, 0.05) is 28.5 Å². The minimum Gasteiger partial charge on any atom is -0.505 e. The summed E-state index contributed by atoms with van der Waals surface area (Å²) in [6, 6.07) is 13.3. The van der Waals surface area contributed by atoms with Crippen molar-refractivity contribution in [1.82, 2.24) is 9.61 Å². The molecule has 4 aromatic rings. The van der Waals surface area contributed by atoms with Crippen LogP contribution >= 0.6 is 0 Å². The summed E-state index contributed by atoms with van der Waals surface area (Å²) in [5.74, 6) is -1.76. The number of aromatic hydroxyl groups is 1. The van der Waals surface area contributed by atoms with Gasteiger partial charge < -0.3 is 10.8 Å². The molecular formula is C21H13FN4O2. The Morgan fingerprint density at radius 1 is 1.11 bits per heavy atom. The maximum atomic E-state index is 14.0. The third kappa shape index (κ3) is 2.23. The first kappa shape index (κ1) is 16.2. The summed E-state index contributed by atoms with van der Waals surface area (Å²) < 4.78 is 15.7. The fraction of sp³-hybridized carbons (Fsp3) is 0. The molecule has 2 aromatic carbocycles. The van der Waals surface area contributed by atoms with Crippen molar-refractivity contribution < 1.29 is 14.3 Å². The fourth-order valence-corrected chi connectivity index (χ4v) is 3.57. The van der Waals surface area contributed by atoms with E-state index in [-0.39, 0.29) is 5.56 Å². The second kappa shape index (κ2) is 5.75. The molecule has 1 aliphatic heterocycles. The molecule has 7 heteroatoms. The topological polar surface area (TPSA) is 93.0 Å². The van der Waals surface area contributed by atoms with Gasteiger partial charge in [-0.05, 0) is 30.3 Å². The monoisotopic (exact) mass is 372 g/mol. The Labute approximate surface area is 158 Å². The number of primary amides is 1. The Morgan fingerprint density at radius 2 is 1.93 bits per heavy atom. The van der Waals surface area contributed by atoms with Crippen molar-refractivity contribution in [2.45, 2.75) is 0 Å². The maximum Gasteiger partial charge on any atom is 0.251 e. The lowest BCUT2D eigenvalue weighted by molar-refractivity contribution is 0.100. The number of phenolic OH excluding ortho intramolecular Hbond substituents is 1. The van der Waals surface area contributed by atoms with E-state index in [2.05, 4.69) is 5.10 Å². The molecule has 0 spiro atoms. The van der Waals surface area contributed by atoms with Crippen LogP contribution in [0.15, 0.2) is 65.9 Å². The quantitative estimate of drug-likeness (QED) is 0.497. The number of carbonyl (C=O) groups excluding carboxylic acids is 1. The van der Waals surface area contributed by atoms with E-state index < -0.39 is 17.5 Å². The van der Waals surface area contributed by atoms with Gasteiger partial charge in [-0.2, -0.15) is 5.10 Å². The minimum absolute atomic E-state index is 0.285. The molecule has 0 saturated carbocycles. The van der Waals surface area contributed by atoms with Crippen molar-refractivity contribution >= 4 is 22.8 Å². The van der Waals surface area contributed by atoms with Crippen molar-refractivity contribution in [3.05, 3.63) is 83.4 Å². The molecule has 1 amide bonds. The van der Waals surface area contributed by atoms with E-state index >= 15 is 0 Å². The molecule has 0 atom stereocenters. The molecule has 0 fully saturated rings. The van der Waals surface area contributed by atoms with Gasteiger partial charge in [0.1, 0.15) is 0 Å². The normalized spacial score (nSPS) is 12.4. The molecule has 6 nitrogen and oxygen atoms in total. The molecule has 3 N–H and O–H groups in total. The highest BCUT2D eigenvalue weighted by Crippen LogP contribution is 2.40. The number of fused-ring (bicyclic) bond motifs is 2. The molecule has 136 valence electrons. The molecule has 0 unspecified atom stereocenters. The third-order valence-electron chi connectivity index (χ3n) is 4.83. The number of aromatic nitrogens is 2. The molecule has 0 aliphatic carbocycles. The number of nitrogens with two attached hydrogens (primary N) is 1. The van der Waals surface area contributed by atoms with Crippen molar-refractivity contribution in [2.24, 2.45) is 10.7 Å². The van der Waals surface area contributed by atoms with Crippen LogP contribution in [0.2, 0.25) is 0 Å². The summed E-state index contributed by atoms with van der Waals surface area (Å²) in [5, 5.41) is 13.8. The van der Waals surface area contributed by atoms with Crippen molar-refractivity contribution in [3.63, 3.8) is 0 Å². The van der Waals surface area contributed by atoms with E-state index in [1.807, 2.05) is 30.3 Å². The average Bonchev–Trinajstić information content (AvgIpc) is 3.05. The number of carbonyl (C=O) groups is 1. The molecule has 28 heavy (non-hydrogen) atoms. The van der Waals surface area contributed by atoms with Gasteiger partial charge in [-0.3, -0.25) is 4.79 Å². The van der Waals surface area contributed by atoms with E-state index in [0.29, 0.717) is 33.6 Å². The zero-order valence-corrected chi connectivity index (χ0v) is 14.4. The first-order chi connectivity index (χ1) is 13.5. The first-order valence-electron chi connectivity index (χ1n) is 8.52. The summed E-state index contributed by atoms with van der Waals surface area (Å²) >= 11 is 0. The lowest BCUT2D eigenvalue weighted by Crippen LogP contribution is -2.14. The Balaban J connectivity index is 1.93. The number of para-hydroxylation sites is 1. The minimum atomic E-state index is -0.738. The SMILES string of the molecule is NC(=O)c1cnn2ccc3c2c1-c1ccccc1N=C3c1ccc(O)c(F)c1. The van der Waals surface area contributed by atoms with Crippen LogP contribution in [0.4, 0.5) is 10.1 Å². The van der Waals surface area contributed by atoms with Crippen LogP contribution in [0.1, 0.15) is 21.5 Å². The number of nitrogens with zero attached hydrogens (tertiary/aromatic N) is 3. The average molecular weight is 372 g/mol. The summed E-state index contributed by atoms with van der Waals surface area (Å²) in [4.78, 5) is 16.9. The first-order valence-corrected chi connectivity index (χ1v) is 8.52. The second-order valence-corrected chi connectivity index (χ2v) is 6.46.